The predicted molar refractivity (Wildman–Crippen MR) is 292 cm³/mol. The average Bonchev–Trinajstić information content (AvgIpc) is 4.18. The lowest BCUT2D eigenvalue weighted by Gasteiger charge is -2.49. The number of aromatic nitrogens is 4. The molecule has 4 aliphatic heterocycles. The van der Waals surface area contributed by atoms with Gasteiger partial charge in [0.25, 0.3) is 0 Å². The number of ketones is 1. The lowest BCUT2D eigenvalue weighted by Crippen LogP contribution is -2.64. The van der Waals surface area contributed by atoms with Crippen LogP contribution in [0.5, 0.6) is 0 Å². The Balaban J connectivity index is 1.01. The van der Waals surface area contributed by atoms with E-state index in [0.717, 1.165) is 115 Å². The fourth-order valence-corrected chi connectivity index (χ4v) is 14.7. The van der Waals surface area contributed by atoms with Gasteiger partial charge in [0.1, 0.15) is 24.3 Å². The third kappa shape index (κ3) is 8.79. The van der Waals surface area contributed by atoms with E-state index in [1.165, 1.54) is 55.2 Å². The molecular formula is C61H76N10O. The summed E-state index contributed by atoms with van der Waals surface area (Å²) in [5.74, 6) is 3.24. The van der Waals surface area contributed by atoms with Crippen LogP contribution in [0.4, 0.5) is 11.6 Å². The molecule has 72 heavy (non-hydrogen) atoms. The van der Waals surface area contributed by atoms with Gasteiger partial charge in [-0.25, -0.2) is 19.9 Å². The summed E-state index contributed by atoms with van der Waals surface area (Å²) in [5.41, 5.74) is 7.53. The van der Waals surface area contributed by atoms with Gasteiger partial charge in [-0.1, -0.05) is 98.8 Å². The second-order valence-corrected chi connectivity index (χ2v) is 23.9. The summed E-state index contributed by atoms with van der Waals surface area (Å²) in [5, 5.41) is 13.4. The van der Waals surface area contributed by atoms with Crippen LogP contribution in [0.3, 0.4) is 0 Å². The Morgan fingerprint density at radius 1 is 0.528 bits per heavy atom. The van der Waals surface area contributed by atoms with Crippen LogP contribution in [0.25, 0.3) is 21.5 Å². The van der Waals surface area contributed by atoms with Crippen LogP contribution in [0.15, 0.2) is 97.6 Å². The standard InChI is InChI=1S/C61H76N10O/c1-39-21-23-47-51(39)58(64-37-62-47)70-33-29-68(30-34-70)55(53(49-25-27-60(3,4)66-49)45-19-11-15-41-13-7-9-17-43(41)45)57(72)56(69-31-35-71(36-32-69)59-52-40(2)22-24-48(52)63-38-65-59)54(50-26-28-61(5,6)67-50)46-20-12-16-42-14-8-10-18-44(42)46/h7-20,37-40,49-50,53-56,66-67H,21-36H2,1-6H3/t39-,40-,49+,50+,53?,54?,55?,56?/m1/s1. The van der Waals surface area contributed by atoms with E-state index in [-0.39, 0.29) is 35.0 Å². The molecule has 0 saturated carbocycles. The van der Waals surface area contributed by atoms with Crippen molar-refractivity contribution in [3.8, 4) is 0 Å². The zero-order valence-electron chi connectivity index (χ0n) is 43.7. The van der Waals surface area contributed by atoms with E-state index in [4.69, 9.17) is 19.9 Å². The number of anilines is 2. The van der Waals surface area contributed by atoms with Crippen molar-refractivity contribution in [3.05, 3.63) is 131 Å². The van der Waals surface area contributed by atoms with Gasteiger partial charge in [-0.2, -0.15) is 0 Å². The topological polar surface area (TPSA) is 106 Å². The number of benzene rings is 4. The molecule has 12 rings (SSSR count). The predicted octanol–water partition coefficient (Wildman–Crippen LogP) is 9.55. The Bertz CT molecular complexity index is 2750. The molecule has 6 aromatic rings. The number of carbonyl (C=O) groups excluding carboxylic acids is 1. The van der Waals surface area contributed by atoms with Gasteiger partial charge in [0.05, 0.1) is 12.1 Å². The Hall–Kier alpha value is -5.33. The van der Waals surface area contributed by atoms with E-state index in [0.29, 0.717) is 17.6 Å². The number of nitrogens with zero attached hydrogens (tertiary/aromatic N) is 8. The molecule has 6 aliphatic rings. The molecule has 11 heteroatoms. The number of fused-ring (bicyclic) bond motifs is 4. The number of hydrogen-bond donors (Lipinski definition) is 2. The summed E-state index contributed by atoms with van der Waals surface area (Å²) < 4.78 is 0. The monoisotopic (exact) mass is 965 g/mol. The minimum absolute atomic E-state index is 0.0525. The van der Waals surface area contributed by atoms with Crippen LogP contribution in [0.1, 0.15) is 137 Å². The molecule has 2 N–H and O–H groups in total. The normalized spacial score (nSPS) is 25.9. The zero-order valence-corrected chi connectivity index (χ0v) is 43.7. The number of hydrogen-bond acceptors (Lipinski definition) is 11. The van der Waals surface area contributed by atoms with E-state index >= 15 is 4.79 Å². The molecule has 0 amide bonds. The van der Waals surface area contributed by atoms with Crippen molar-refractivity contribution in [2.75, 3.05) is 62.2 Å². The Kier molecular flexibility index (Phi) is 12.7. The number of Topliss-reactive ketones (excluding diaryl/α,β-unsaturated/α-hetero) is 1. The molecule has 0 bridgehead atoms. The fourth-order valence-electron chi connectivity index (χ4n) is 14.7. The second-order valence-electron chi connectivity index (χ2n) is 23.9. The molecule has 11 nitrogen and oxygen atoms in total. The smallest absolute Gasteiger partial charge is 0.168 e. The molecule has 4 saturated heterocycles. The van der Waals surface area contributed by atoms with Gasteiger partial charge in [0.15, 0.2) is 5.78 Å². The maximum atomic E-state index is 17.7. The van der Waals surface area contributed by atoms with Crippen molar-refractivity contribution in [1.82, 2.24) is 40.4 Å². The number of piperazine rings is 2. The van der Waals surface area contributed by atoms with Gasteiger partial charge in [0, 0.05) is 110 Å². The molecule has 4 fully saturated rings. The molecule has 6 heterocycles. The third-order valence-electron chi connectivity index (χ3n) is 18.3. The highest BCUT2D eigenvalue weighted by atomic mass is 16.1. The first-order chi connectivity index (χ1) is 34.9. The summed E-state index contributed by atoms with van der Waals surface area (Å²) in [6.07, 6.45) is 12.0. The summed E-state index contributed by atoms with van der Waals surface area (Å²) >= 11 is 0. The third-order valence-corrected chi connectivity index (χ3v) is 18.3. The average molecular weight is 965 g/mol. The molecule has 2 aliphatic carbocycles. The minimum atomic E-state index is -0.403. The van der Waals surface area contributed by atoms with Crippen LogP contribution in [-0.2, 0) is 17.6 Å². The Morgan fingerprint density at radius 3 is 1.33 bits per heavy atom. The first-order valence-electron chi connectivity index (χ1n) is 27.6. The first-order valence-corrected chi connectivity index (χ1v) is 27.6. The fraction of sp³-hybridized carbons (Fsp3) is 0.525. The first kappa shape index (κ1) is 47.7. The maximum absolute atomic E-state index is 17.7. The summed E-state index contributed by atoms with van der Waals surface area (Å²) in [6, 6.07) is 30.9. The SMILES string of the molecule is C[C@@H]1CCc2ncnc(N3CCN(C(C(=O)C(C(c4cccc5ccccc45)[C@@H]4CCC(C)(C)N4)N4CCN(c5ncnc6c5[C@H](C)CC6)CC4)C(c4cccc5ccccc45)[C@@H]4CCC(C)(C)N4)CC3)c21. The van der Waals surface area contributed by atoms with Crippen LogP contribution in [0.2, 0.25) is 0 Å². The van der Waals surface area contributed by atoms with E-state index < -0.39 is 12.1 Å². The van der Waals surface area contributed by atoms with Crippen LogP contribution < -0.4 is 20.4 Å². The zero-order chi connectivity index (χ0) is 49.3. The maximum Gasteiger partial charge on any atom is 0.168 e. The lowest BCUT2D eigenvalue weighted by atomic mass is 9.73. The largest absolute Gasteiger partial charge is 0.354 e. The minimum Gasteiger partial charge on any atom is -0.354 e. The molecule has 4 unspecified atom stereocenters. The Morgan fingerprint density at radius 2 is 0.931 bits per heavy atom. The van der Waals surface area contributed by atoms with E-state index in [9.17, 15) is 0 Å². The quantitative estimate of drug-likeness (QED) is 0.123. The molecule has 0 spiro atoms. The van der Waals surface area contributed by atoms with Crippen molar-refractivity contribution < 1.29 is 4.79 Å². The van der Waals surface area contributed by atoms with E-state index in [2.05, 4.69) is 157 Å². The van der Waals surface area contributed by atoms with E-state index in [1.807, 2.05) is 0 Å². The van der Waals surface area contributed by atoms with Crippen LogP contribution in [-0.4, -0.2) is 123 Å². The summed E-state index contributed by atoms with van der Waals surface area (Å²) in [4.78, 5) is 47.5. The van der Waals surface area contributed by atoms with Crippen LogP contribution >= 0.6 is 0 Å². The second kappa shape index (κ2) is 19.2. The number of aryl methyl sites for hydroxylation is 2. The van der Waals surface area contributed by atoms with Gasteiger partial charge in [-0.3, -0.25) is 14.6 Å². The Labute approximate surface area is 427 Å². The molecule has 2 aromatic heterocycles. The highest BCUT2D eigenvalue weighted by Crippen LogP contribution is 2.46. The van der Waals surface area contributed by atoms with Crippen molar-refractivity contribution in [3.63, 3.8) is 0 Å². The highest BCUT2D eigenvalue weighted by molar-refractivity contribution is 5.95. The molecular weight excluding hydrogens is 889 g/mol. The van der Waals surface area contributed by atoms with Gasteiger partial charge in [0.2, 0.25) is 0 Å². The highest BCUT2D eigenvalue weighted by Gasteiger charge is 2.52. The number of rotatable bonds is 12. The van der Waals surface area contributed by atoms with Gasteiger partial charge < -0.3 is 20.4 Å². The van der Waals surface area contributed by atoms with Crippen molar-refractivity contribution in [2.45, 2.75) is 152 Å². The molecule has 0 radical (unpaired) electrons. The van der Waals surface area contributed by atoms with Crippen molar-refractivity contribution in [1.29, 1.82) is 0 Å². The van der Waals surface area contributed by atoms with Crippen LogP contribution in [0, 0.1) is 0 Å². The molecule has 8 atom stereocenters. The van der Waals surface area contributed by atoms with Gasteiger partial charge >= 0.3 is 0 Å². The summed E-state index contributed by atoms with van der Waals surface area (Å²) in [7, 11) is 0. The van der Waals surface area contributed by atoms with Crippen molar-refractivity contribution >= 4 is 39.0 Å². The van der Waals surface area contributed by atoms with Gasteiger partial charge in [-0.05, 0) is 124 Å². The molecule has 376 valence electrons. The number of carbonyl (C=O) groups is 1. The van der Waals surface area contributed by atoms with Crippen molar-refractivity contribution in [2.24, 2.45) is 0 Å². The number of nitrogens with one attached hydrogen (secondary N) is 2. The van der Waals surface area contributed by atoms with E-state index in [1.54, 1.807) is 12.7 Å². The van der Waals surface area contributed by atoms with Gasteiger partial charge in [-0.15, -0.1) is 0 Å². The lowest BCUT2D eigenvalue weighted by molar-refractivity contribution is -0.132. The summed E-state index contributed by atoms with van der Waals surface area (Å²) in [6.45, 7) is 20.4. The molecule has 4 aromatic carbocycles.